The van der Waals surface area contributed by atoms with Crippen LogP contribution in [0.15, 0.2) is 22.5 Å². The van der Waals surface area contributed by atoms with E-state index < -0.39 is 0 Å². The number of aliphatic imine (C=N–C) groups is 1. The Bertz CT molecular complexity index is 512. The van der Waals surface area contributed by atoms with Crippen LogP contribution in [0.4, 0.5) is 0 Å². The Morgan fingerprint density at radius 1 is 1.26 bits per heavy atom. The van der Waals surface area contributed by atoms with Gasteiger partial charge in [-0.25, -0.2) is 0 Å². The van der Waals surface area contributed by atoms with Crippen molar-refractivity contribution in [3.8, 4) is 0 Å². The summed E-state index contributed by atoms with van der Waals surface area (Å²) in [4.78, 5) is 10.8. The van der Waals surface area contributed by atoms with Crippen molar-refractivity contribution < 1.29 is 4.74 Å². The molecule has 1 aliphatic heterocycles. The van der Waals surface area contributed by atoms with Crippen LogP contribution in [0, 0.1) is 0 Å². The Hall–Kier alpha value is -1.15. The number of hydrogen-bond donors (Lipinski definition) is 2. The van der Waals surface area contributed by atoms with Crippen LogP contribution in [0.3, 0.4) is 0 Å². The number of ether oxygens (including phenoxy) is 1. The lowest BCUT2D eigenvalue weighted by atomic mass is 10.2. The van der Waals surface area contributed by atoms with Crippen molar-refractivity contribution in [2.24, 2.45) is 4.99 Å². The maximum Gasteiger partial charge on any atom is 0.191 e. The Balaban J connectivity index is 1.75. The largest absolute Gasteiger partial charge is 0.379 e. The zero-order valence-corrected chi connectivity index (χ0v) is 18.1. The van der Waals surface area contributed by atoms with Gasteiger partial charge in [0.15, 0.2) is 5.96 Å². The zero-order chi connectivity index (χ0) is 19.3. The van der Waals surface area contributed by atoms with Crippen LogP contribution in [0.25, 0.3) is 0 Å². The van der Waals surface area contributed by atoms with Crippen LogP contribution in [0.1, 0.15) is 37.6 Å². The van der Waals surface area contributed by atoms with E-state index in [0.717, 1.165) is 64.9 Å². The van der Waals surface area contributed by atoms with Crippen molar-refractivity contribution in [3.05, 3.63) is 22.4 Å². The van der Waals surface area contributed by atoms with E-state index in [1.807, 2.05) is 18.4 Å². The van der Waals surface area contributed by atoms with Gasteiger partial charge in [0.25, 0.3) is 0 Å². The second-order valence-electron chi connectivity index (χ2n) is 6.79. The number of thiophene rings is 1. The molecule has 1 saturated heterocycles. The molecule has 1 aromatic heterocycles. The van der Waals surface area contributed by atoms with Crippen molar-refractivity contribution in [2.45, 2.75) is 32.7 Å². The SMILES string of the molecule is CCN(CC)CCCCNC(=NC)NCC(c1cccs1)N1CCOCC1. The summed E-state index contributed by atoms with van der Waals surface area (Å²) >= 11 is 1.83. The van der Waals surface area contributed by atoms with Gasteiger partial charge in [0, 0.05) is 38.1 Å². The minimum absolute atomic E-state index is 0.370. The van der Waals surface area contributed by atoms with E-state index in [2.05, 4.69) is 56.8 Å². The van der Waals surface area contributed by atoms with Gasteiger partial charge in [0.1, 0.15) is 0 Å². The van der Waals surface area contributed by atoms with Crippen LogP contribution in [0.2, 0.25) is 0 Å². The number of hydrogen-bond acceptors (Lipinski definition) is 5. The van der Waals surface area contributed by atoms with E-state index in [9.17, 15) is 0 Å². The molecule has 2 heterocycles. The topological polar surface area (TPSA) is 52.1 Å². The minimum Gasteiger partial charge on any atom is -0.379 e. The molecule has 0 radical (unpaired) electrons. The second-order valence-corrected chi connectivity index (χ2v) is 7.77. The second kappa shape index (κ2) is 13.1. The van der Waals surface area contributed by atoms with Gasteiger partial charge in [-0.2, -0.15) is 0 Å². The molecule has 154 valence electrons. The van der Waals surface area contributed by atoms with E-state index in [-0.39, 0.29) is 0 Å². The Morgan fingerprint density at radius 3 is 2.67 bits per heavy atom. The molecule has 1 fully saturated rings. The third-order valence-electron chi connectivity index (χ3n) is 5.13. The summed E-state index contributed by atoms with van der Waals surface area (Å²) in [6.07, 6.45) is 2.38. The number of morpholine rings is 1. The predicted octanol–water partition coefficient (Wildman–Crippen LogP) is 2.41. The van der Waals surface area contributed by atoms with Gasteiger partial charge < -0.3 is 20.3 Å². The van der Waals surface area contributed by atoms with E-state index in [4.69, 9.17) is 4.74 Å². The van der Waals surface area contributed by atoms with Crippen LogP contribution in [0.5, 0.6) is 0 Å². The third-order valence-corrected chi connectivity index (χ3v) is 6.11. The Morgan fingerprint density at radius 2 is 2.04 bits per heavy atom. The number of rotatable bonds is 11. The number of nitrogens with one attached hydrogen (secondary N) is 2. The van der Waals surface area contributed by atoms with E-state index >= 15 is 0 Å². The fourth-order valence-electron chi connectivity index (χ4n) is 3.40. The first-order chi connectivity index (χ1) is 13.3. The molecule has 0 amide bonds. The smallest absolute Gasteiger partial charge is 0.191 e. The maximum absolute atomic E-state index is 5.52. The molecule has 0 bridgehead atoms. The molecule has 2 rings (SSSR count). The molecule has 1 unspecified atom stereocenters. The fraction of sp³-hybridized carbons (Fsp3) is 0.750. The van der Waals surface area contributed by atoms with Crippen molar-refractivity contribution in [1.82, 2.24) is 20.4 Å². The van der Waals surface area contributed by atoms with Gasteiger partial charge in [-0.1, -0.05) is 19.9 Å². The summed E-state index contributed by atoms with van der Waals surface area (Å²) in [6.45, 7) is 13.3. The molecule has 2 N–H and O–H groups in total. The molecule has 1 aliphatic rings. The predicted molar refractivity (Wildman–Crippen MR) is 116 cm³/mol. The highest BCUT2D eigenvalue weighted by Crippen LogP contribution is 2.25. The lowest BCUT2D eigenvalue weighted by molar-refractivity contribution is 0.0177. The Labute approximate surface area is 169 Å². The molecular formula is C20H37N5OS. The van der Waals surface area contributed by atoms with Crippen LogP contribution < -0.4 is 10.6 Å². The first kappa shape index (κ1) is 22.1. The van der Waals surface area contributed by atoms with E-state index in [1.54, 1.807) is 0 Å². The quantitative estimate of drug-likeness (QED) is 0.342. The van der Waals surface area contributed by atoms with Crippen molar-refractivity contribution in [1.29, 1.82) is 0 Å². The van der Waals surface area contributed by atoms with Crippen molar-refractivity contribution >= 4 is 17.3 Å². The van der Waals surface area contributed by atoms with Gasteiger partial charge in [-0.3, -0.25) is 9.89 Å². The molecule has 27 heavy (non-hydrogen) atoms. The highest BCUT2D eigenvalue weighted by Gasteiger charge is 2.23. The molecule has 0 spiro atoms. The first-order valence-corrected chi connectivity index (χ1v) is 11.2. The van der Waals surface area contributed by atoms with Crippen LogP contribution in [-0.4, -0.2) is 81.8 Å². The van der Waals surface area contributed by atoms with Crippen LogP contribution in [-0.2, 0) is 4.74 Å². The van der Waals surface area contributed by atoms with E-state index in [1.165, 1.54) is 17.8 Å². The van der Waals surface area contributed by atoms with Crippen molar-refractivity contribution in [3.63, 3.8) is 0 Å². The lowest BCUT2D eigenvalue weighted by Gasteiger charge is -2.34. The van der Waals surface area contributed by atoms with Crippen molar-refractivity contribution in [2.75, 3.05) is 66.1 Å². The zero-order valence-electron chi connectivity index (χ0n) is 17.2. The van der Waals surface area contributed by atoms with Gasteiger partial charge >= 0.3 is 0 Å². The average Bonchev–Trinajstić information content (AvgIpc) is 3.24. The van der Waals surface area contributed by atoms with Gasteiger partial charge in [-0.15, -0.1) is 11.3 Å². The number of unbranched alkanes of at least 4 members (excludes halogenated alkanes) is 1. The first-order valence-electron chi connectivity index (χ1n) is 10.3. The highest BCUT2D eigenvalue weighted by atomic mass is 32.1. The average molecular weight is 396 g/mol. The third kappa shape index (κ3) is 7.78. The lowest BCUT2D eigenvalue weighted by Crippen LogP contribution is -2.46. The van der Waals surface area contributed by atoms with Gasteiger partial charge in [0.05, 0.1) is 19.3 Å². The molecule has 0 saturated carbocycles. The van der Waals surface area contributed by atoms with Crippen LogP contribution >= 0.6 is 11.3 Å². The molecule has 1 aromatic rings. The summed E-state index contributed by atoms with van der Waals surface area (Å²) in [6, 6.07) is 4.74. The minimum atomic E-state index is 0.370. The highest BCUT2D eigenvalue weighted by molar-refractivity contribution is 7.10. The summed E-state index contributed by atoms with van der Waals surface area (Å²) in [5.41, 5.74) is 0. The summed E-state index contributed by atoms with van der Waals surface area (Å²) in [7, 11) is 1.85. The standard InChI is InChI=1S/C20H37N5OS/c1-4-24(5-2)11-7-6-10-22-20(21-3)23-17-18(19-9-8-16-27-19)25-12-14-26-15-13-25/h8-9,16,18H,4-7,10-15,17H2,1-3H3,(H2,21,22,23). The molecular weight excluding hydrogens is 358 g/mol. The number of nitrogens with zero attached hydrogens (tertiary/aromatic N) is 3. The molecule has 7 heteroatoms. The van der Waals surface area contributed by atoms with Gasteiger partial charge in [-0.05, 0) is 43.9 Å². The maximum atomic E-state index is 5.52. The number of guanidine groups is 1. The normalized spacial score (nSPS) is 17.3. The van der Waals surface area contributed by atoms with E-state index in [0.29, 0.717) is 6.04 Å². The fourth-order valence-corrected chi connectivity index (χ4v) is 4.26. The molecule has 6 nitrogen and oxygen atoms in total. The van der Waals surface area contributed by atoms with Gasteiger partial charge in [0.2, 0.25) is 0 Å². The molecule has 0 aliphatic carbocycles. The summed E-state index contributed by atoms with van der Waals surface area (Å²) in [5, 5.41) is 9.15. The molecule has 0 aromatic carbocycles. The summed E-state index contributed by atoms with van der Waals surface area (Å²) in [5.74, 6) is 0.896. The monoisotopic (exact) mass is 395 g/mol. The molecule has 1 atom stereocenters. The summed E-state index contributed by atoms with van der Waals surface area (Å²) < 4.78 is 5.52. The Kier molecular flexibility index (Phi) is 10.7.